The van der Waals surface area contributed by atoms with Crippen molar-refractivity contribution >= 4 is 5.91 Å². The fourth-order valence-corrected chi connectivity index (χ4v) is 1.78. The van der Waals surface area contributed by atoms with E-state index in [1.807, 2.05) is 18.2 Å². The minimum absolute atomic E-state index is 0.117. The quantitative estimate of drug-likeness (QED) is 0.733. The van der Waals surface area contributed by atoms with E-state index in [0.717, 1.165) is 25.0 Å². The van der Waals surface area contributed by atoms with Crippen LogP contribution < -0.4 is 5.32 Å². The van der Waals surface area contributed by atoms with Gasteiger partial charge in [0.15, 0.2) is 0 Å². The second-order valence-corrected chi connectivity index (χ2v) is 3.62. The third-order valence-electron chi connectivity index (χ3n) is 2.53. The lowest BCUT2D eigenvalue weighted by Crippen LogP contribution is -2.26. The minimum Gasteiger partial charge on any atom is -0.348 e. The maximum atomic E-state index is 11.3. The Kier molecular flexibility index (Phi) is 2.77. The van der Waals surface area contributed by atoms with Crippen LogP contribution >= 0.6 is 0 Å². The lowest BCUT2D eigenvalue weighted by Gasteiger charge is -2.14. The maximum Gasteiger partial charge on any atom is 0.220 e. The van der Waals surface area contributed by atoms with Gasteiger partial charge in [0.2, 0.25) is 5.91 Å². The van der Waals surface area contributed by atoms with E-state index in [-0.39, 0.29) is 11.9 Å². The van der Waals surface area contributed by atoms with Gasteiger partial charge in [-0.2, -0.15) is 0 Å². The molecule has 0 radical (unpaired) electrons. The summed E-state index contributed by atoms with van der Waals surface area (Å²) in [4.78, 5) is 15.6. The molecule has 3 nitrogen and oxygen atoms in total. The molecule has 2 heterocycles. The molecule has 1 unspecified atom stereocenters. The Hall–Kier alpha value is -1.38. The zero-order chi connectivity index (χ0) is 9.80. The molecule has 1 aliphatic rings. The van der Waals surface area contributed by atoms with Gasteiger partial charge < -0.3 is 5.32 Å². The van der Waals surface area contributed by atoms with Gasteiger partial charge in [0.25, 0.3) is 0 Å². The predicted molar refractivity (Wildman–Crippen MR) is 53.6 cm³/mol. The number of nitrogens with one attached hydrogen (secondary N) is 1. The number of pyridine rings is 1. The largest absolute Gasteiger partial charge is 0.348 e. The monoisotopic (exact) mass is 190 g/mol. The van der Waals surface area contributed by atoms with Crippen LogP contribution in [0.15, 0.2) is 24.4 Å². The van der Waals surface area contributed by atoms with Gasteiger partial charge in [-0.25, -0.2) is 0 Å². The number of carbonyl (C=O) groups is 1. The van der Waals surface area contributed by atoms with E-state index in [2.05, 4.69) is 10.3 Å². The number of hydrogen-bond donors (Lipinski definition) is 1. The molecule has 3 heteroatoms. The number of hydrogen-bond acceptors (Lipinski definition) is 2. The molecular formula is C11H14N2O. The van der Waals surface area contributed by atoms with Crippen molar-refractivity contribution in [1.82, 2.24) is 10.3 Å². The highest BCUT2D eigenvalue weighted by Gasteiger charge is 2.18. The third kappa shape index (κ3) is 2.10. The summed E-state index contributed by atoms with van der Waals surface area (Å²) < 4.78 is 0. The molecule has 0 aromatic carbocycles. The summed E-state index contributed by atoms with van der Waals surface area (Å²) in [6, 6.07) is 5.93. The molecule has 74 valence electrons. The summed E-state index contributed by atoms with van der Waals surface area (Å²) in [5.74, 6) is 0.151. The highest BCUT2D eigenvalue weighted by Crippen LogP contribution is 2.20. The van der Waals surface area contributed by atoms with Crippen molar-refractivity contribution in [3.8, 4) is 0 Å². The molecular weight excluding hydrogens is 176 g/mol. The third-order valence-corrected chi connectivity index (χ3v) is 2.53. The molecule has 1 N–H and O–H groups in total. The molecule has 14 heavy (non-hydrogen) atoms. The van der Waals surface area contributed by atoms with Crippen molar-refractivity contribution in [2.24, 2.45) is 0 Å². The van der Waals surface area contributed by atoms with E-state index in [0.29, 0.717) is 6.42 Å². The zero-order valence-corrected chi connectivity index (χ0v) is 8.07. The number of carbonyl (C=O) groups excluding carboxylic acids is 1. The smallest absolute Gasteiger partial charge is 0.220 e. The molecule has 1 aliphatic heterocycles. The predicted octanol–water partition coefficient (Wildman–Crippen LogP) is 1.81. The second kappa shape index (κ2) is 4.22. The van der Waals surface area contributed by atoms with E-state index in [9.17, 15) is 4.79 Å². The van der Waals surface area contributed by atoms with Crippen molar-refractivity contribution in [3.63, 3.8) is 0 Å². The Morgan fingerprint density at radius 3 is 3.07 bits per heavy atom. The SMILES string of the molecule is O=C1CCCCC(c2ccccn2)N1. The van der Waals surface area contributed by atoms with Gasteiger partial charge in [0.1, 0.15) is 0 Å². The maximum absolute atomic E-state index is 11.3. The van der Waals surface area contributed by atoms with Crippen molar-refractivity contribution in [2.45, 2.75) is 31.7 Å². The molecule has 1 fully saturated rings. The molecule has 0 saturated carbocycles. The first kappa shape index (κ1) is 9.19. The van der Waals surface area contributed by atoms with Gasteiger partial charge in [0.05, 0.1) is 11.7 Å². The van der Waals surface area contributed by atoms with E-state index in [4.69, 9.17) is 0 Å². The van der Waals surface area contributed by atoms with Gasteiger partial charge in [0, 0.05) is 12.6 Å². The zero-order valence-electron chi connectivity index (χ0n) is 8.07. The Balaban J connectivity index is 2.13. The van der Waals surface area contributed by atoms with E-state index < -0.39 is 0 Å². The molecule has 1 aromatic heterocycles. The van der Waals surface area contributed by atoms with E-state index in [1.54, 1.807) is 6.20 Å². The highest BCUT2D eigenvalue weighted by atomic mass is 16.1. The minimum atomic E-state index is 0.117. The van der Waals surface area contributed by atoms with Crippen molar-refractivity contribution in [2.75, 3.05) is 0 Å². The average molecular weight is 190 g/mol. The number of aromatic nitrogens is 1. The lowest BCUT2D eigenvalue weighted by atomic mass is 10.1. The van der Waals surface area contributed by atoms with Crippen LogP contribution in [0.2, 0.25) is 0 Å². The molecule has 1 atom stereocenters. The van der Waals surface area contributed by atoms with E-state index in [1.165, 1.54) is 0 Å². The number of nitrogens with zero attached hydrogens (tertiary/aromatic N) is 1. The molecule has 1 amide bonds. The van der Waals surface area contributed by atoms with Crippen LogP contribution in [0.1, 0.15) is 37.4 Å². The first-order valence-electron chi connectivity index (χ1n) is 5.06. The summed E-state index contributed by atoms with van der Waals surface area (Å²) in [5.41, 5.74) is 0.975. The van der Waals surface area contributed by atoms with Crippen LogP contribution in [-0.2, 0) is 4.79 Å². The molecule has 0 aliphatic carbocycles. The number of rotatable bonds is 1. The summed E-state index contributed by atoms with van der Waals surface area (Å²) in [6.45, 7) is 0. The summed E-state index contributed by atoms with van der Waals surface area (Å²) in [5, 5.41) is 2.99. The fraction of sp³-hybridized carbons (Fsp3) is 0.455. The normalized spacial score (nSPS) is 22.6. The molecule has 1 aromatic rings. The van der Waals surface area contributed by atoms with Gasteiger partial charge >= 0.3 is 0 Å². The highest BCUT2D eigenvalue weighted by molar-refractivity contribution is 5.76. The van der Waals surface area contributed by atoms with Crippen LogP contribution in [0, 0.1) is 0 Å². The van der Waals surface area contributed by atoms with Gasteiger partial charge in [-0.3, -0.25) is 9.78 Å². The van der Waals surface area contributed by atoms with Crippen LogP contribution in [0.25, 0.3) is 0 Å². The van der Waals surface area contributed by atoms with Crippen LogP contribution in [0.3, 0.4) is 0 Å². The molecule has 0 spiro atoms. The Morgan fingerprint density at radius 2 is 2.29 bits per heavy atom. The average Bonchev–Trinajstić information content (AvgIpc) is 2.44. The van der Waals surface area contributed by atoms with Crippen LogP contribution in [-0.4, -0.2) is 10.9 Å². The summed E-state index contributed by atoms with van der Waals surface area (Å²) >= 11 is 0. The van der Waals surface area contributed by atoms with Crippen LogP contribution in [0.4, 0.5) is 0 Å². The topological polar surface area (TPSA) is 42.0 Å². The Labute approximate surface area is 83.5 Å². The van der Waals surface area contributed by atoms with E-state index >= 15 is 0 Å². The second-order valence-electron chi connectivity index (χ2n) is 3.62. The molecule has 2 rings (SSSR count). The number of amides is 1. The van der Waals surface area contributed by atoms with Crippen molar-refractivity contribution in [1.29, 1.82) is 0 Å². The van der Waals surface area contributed by atoms with Crippen molar-refractivity contribution < 1.29 is 4.79 Å². The fourth-order valence-electron chi connectivity index (χ4n) is 1.78. The Bertz CT molecular complexity index is 310. The standard InChI is InChI=1S/C11H14N2O/c14-11-7-2-1-6-10(13-11)9-5-3-4-8-12-9/h3-5,8,10H,1-2,6-7H2,(H,13,14). The van der Waals surface area contributed by atoms with Crippen molar-refractivity contribution in [3.05, 3.63) is 30.1 Å². The van der Waals surface area contributed by atoms with Gasteiger partial charge in [-0.15, -0.1) is 0 Å². The Morgan fingerprint density at radius 1 is 1.36 bits per heavy atom. The lowest BCUT2D eigenvalue weighted by molar-refractivity contribution is -0.121. The first-order valence-corrected chi connectivity index (χ1v) is 5.06. The van der Waals surface area contributed by atoms with Gasteiger partial charge in [-0.1, -0.05) is 12.5 Å². The van der Waals surface area contributed by atoms with Gasteiger partial charge in [-0.05, 0) is 25.0 Å². The summed E-state index contributed by atoms with van der Waals surface area (Å²) in [6.07, 6.45) is 5.52. The summed E-state index contributed by atoms with van der Waals surface area (Å²) in [7, 11) is 0. The van der Waals surface area contributed by atoms with Crippen LogP contribution in [0.5, 0.6) is 0 Å². The molecule has 1 saturated heterocycles. The first-order chi connectivity index (χ1) is 6.86. The molecule has 0 bridgehead atoms.